The van der Waals surface area contributed by atoms with Gasteiger partial charge in [0.15, 0.2) is 6.10 Å². The van der Waals surface area contributed by atoms with Gasteiger partial charge in [-0.2, -0.15) is 0 Å². The van der Waals surface area contributed by atoms with Crippen LogP contribution in [0, 0.1) is 0 Å². The molecule has 7 nitrogen and oxygen atoms in total. The Balaban J connectivity index is 1.68. The zero-order valence-corrected chi connectivity index (χ0v) is 20.1. The highest BCUT2D eigenvalue weighted by atomic mass is 16.6. The molecule has 0 spiro atoms. The molecule has 1 aliphatic heterocycles. The maximum Gasteiger partial charge on any atom is 0.407 e. The van der Waals surface area contributed by atoms with Crippen molar-refractivity contribution in [3.05, 3.63) is 71.8 Å². The van der Waals surface area contributed by atoms with Crippen molar-refractivity contribution in [2.75, 3.05) is 7.05 Å². The second kappa shape index (κ2) is 10.3. The molecule has 3 rings (SSSR count). The van der Waals surface area contributed by atoms with Gasteiger partial charge >= 0.3 is 12.2 Å². The van der Waals surface area contributed by atoms with Gasteiger partial charge in [0.2, 0.25) is 0 Å². The molecule has 0 radical (unpaired) electrons. The van der Waals surface area contributed by atoms with Crippen LogP contribution in [0.3, 0.4) is 0 Å². The lowest BCUT2D eigenvalue weighted by molar-refractivity contribution is -0.153. The molecule has 33 heavy (non-hydrogen) atoms. The fourth-order valence-electron chi connectivity index (χ4n) is 4.36. The van der Waals surface area contributed by atoms with Crippen molar-refractivity contribution >= 4 is 12.2 Å². The van der Waals surface area contributed by atoms with Crippen molar-refractivity contribution in [2.45, 2.75) is 70.5 Å². The van der Waals surface area contributed by atoms with Crippen molar-refractivity contribution in [2.24, 2.45) is 0 Å². The summed E-state index contributed by atoms with van der Waals surface area (Å²) >= 11 is 0. The summed E-state index contributed by atoms with van der Waals surface area (Å²) in [6, 6.07) is 19.3. The normalized spacial score (nSPS) is 21.6. The van der Waals surface area contributed by atoms with E-state index in [4.69, 9.17) is 9.47 Å². The summed E-state index contributed by atoms with van der Waals surface area (Å²) in [5, 5.41) is 5.61. The summed E-state index contributed by atoms with van der Waals surface area (Å²) in [4.78, 5) is 27.5. The molecule has 2 N–H and O–H groups in total. The third kappa shape index (κ3) is 6.26. The zero-order valence-electron chi connectivity index (χ0n) is 20.1. The predicted molar refractivity (Wildman–Crippen MR) is 128 cm³/mol. The minimum atomic E-state index is -0.645. The van der Waals surface area contributed by atoms with Gasteiger partial charge < -0.3 is 20.1 Å². The molecule has 7 heteroatoms. The van der Waals surface area contributed by atoms with Crippen LogP contribution >= 0.6 is 0 Å². The Morgan fingerprint density at radius 3 is 1.79 bits per heavy atom. The summed E-state index contributed by atoms with van der Waals surface area (Å²) < 4.78 is 11.7. The molecule has 2 unspecified atom stereocenters. The number of ether oxygens (including phenoxy) is 2. The number of nitrogens with zero attached hydrogens (tertiary/aromatic N) is 1. The Bertz CT molecular complexity index is 931. The van der Waals surface area contributed by atoms with Crippen molar-refractivity contribution in [1.82, 2.24) is 15.5 Å². The van der Waals surface area contributed by atoms with E-state index >= 15 is 0 Å². The smallest absolute Gasteiger partial charge is 0.407 e. The monoisotopic (exact) mass is 453 g/mol. The van der Waals surface area contributed by atoms with Crippen molar-refractivity contribution in [3.8, 4) is 0 Å². The predicted octanol–water partition coefficient (Wildman–Crippen LogP) is 4.47. The first-order chi connectivity index (χ1) is 15.6. The highest BCUT2D eigenvalue weighted by molar-refractivity contribution is 5.69. The molecule has 0 aliphatic carbocycles. The fourth-order valence-corrected chi connectivity index (χ4v) is 4.36. The minimum Gasteiger partial charge on any atom is -0.442 e. The van der Waals surface area contributed by atoms with Gasteiger partial charge in [-0.15, -0.1) is 0 Å². The molecular formula is C26H35N3O4. The number of alkyl carbamates (subject to hydrolysis) is 2. The molecule has 1 aliphatic rings. The topological polar surface area (TPSA) is 79.9 Å². The minimum absolute atomic E-state index is 0.256. The number of carbonyl (C=O) groups is 2. The molecule has 2 aromatic rings. The van der Waals surface area contributed by atoms with Crippen LogP contribution in [0.25, 0.3) is 0 Å². The third-order valence-corrected chi connectivity index (χ3v) is 6.56. The Kier molecular flexibility index (Phi) is 7.64. The molecule has 1 fully saturated rings. The van der Waals surface area contributed by atoms with E-state index in [1.54, 1.807) is 0 Å². The van der Waals surface area contributed by atoms with E-state index in [9.17, 15) is 9.59 Å². The lowest BCUT2D eigenvalue weighted by Crippen LogP contribution is -2.69. The molecule has 0 bridgehead atoms. The summed E-state index contributed by atoms with van der Waals surface area (Å²) in [5.41, 5.74) is 1.14. The van der Waals surface area contributed by atoms with Crippen LogP contribution in [0.5, 0.6) is 0 Å². The van der Waals surface area contributed by atoms with Crippen LogP contribution in [-0.2, 0) is 22.6 Å². The second-order valence-electron chi connectivity index (χ2n) is 9.68. The number of rotatable bonds is 6. The molecule has 2 amide bonds. The molecular weight excluding hydrogens is 418 g/mol. The average Bonchev–Trinajstić information content (AvgIpc) is 2.79. The number of amides is 2. The number of hydrogen-bond donors (Lipinski definition) is 2. The van der Waals surface area contributed by atoms with E-state index < -0.39 is 29.9 Å². The first kappa shape index (κ1) is 24.6. The third-order valence-electron chi connectivity index (χ3n) is 6.56. The average molecular weight is 454 g/mol. The number of likely N-dealkylation sites (tertiary alicyclic amines) is 1. The van der Waals surface area contributed by atoms with Crippen LogP contribution in [0.15, 0.2) is 60.7 Å². The summed E-state index contributed by atoms with van der Waals surface area (Å²) in [6.07, 6.45) is -1.78. The molecule has 0 aromatic heterocycles. The number of nitrogens with one attached hydrogen (secondary N) is 2. The van der Waals surface area contributed by atoms with Crippen LogP contribution < -0.4 is 10.6 Å². The first-order valence-electron chi connectivity index (χ1n) is 11.3. The molecule has 0 saturated carbocycles. The molecule has 178 valence electrons. The van der Waals surface area contributed by atoms with Crippen molar-refractivity contribution in [3.63, 3.8) is 0 Å². The van der Waals surface area contributed by atoms with Gasteiger partial charge in [0.25, 0.3) is 0 Å². The number of piperidine rings is 1. The Morgan fingerprint density at radius 1 is 0.848 bits per heavy atom. The van der Waals surface area contributed by atoms with Gasteiger partial charge in [-0.3, -0.25) is 4.90 Å². The lowest BCUT2D eigenvalue weighted by atomic mass is 9.76. The highest BCUT2D eigenvalue weighted by Gasteiger charge is 2.53. The van der Waals surface area contributed by atoms with Crippen LogP contribution in [0.4, 0.5) is 9.59 Å². The largest absolute Gasteiger partial charge is 0.442 e. The Hall–Kier alpha value is -3.06. The van der Waals surface area contributed by atoms with Gasteiger partial charge in [-0.25, -0.2) is 9.59 Å². The lowest BCUT2D eigenvalue weighted by Gasteiger charge is -2.56. The van der Waals surface area contributed by atoms with Crippen LogP contribution in [-0.4, -0.2) is 47.4 Å². The van der Waals surface area contributed by atoms with Gasteiger partial charge in [0, 0.05) is 25.0 Å². The summed E-state index contributed by atoms with van der Waals surface area (Å²) in [5.74, 6) is 0. The summed E-state index contributed by atoms with van der Waals surface area (Å²) in [7, 11) is 2.00. The fraction of sp³-hybridized carbons (Fsp3) is 0.462. The number of benzene rings is 2. The molecule has 2 aromatic carbocycles. The van der Waals surface area contributed by atoms with E-state index in [1.807, 2.05) is 81.6 Å². The number of hydrogen-bond acceptors (Lipinski definition) is 5. The van der Waals surface area contributed by atoms with Crippen LogP contribution in [0.1, 0.15) is 45.2 Å². The molecule has 1 saturated heterocycles. The highest BCUT2D eigenvalue weighted by Crippen LogP contribution is 2.40. The molecule has 1 heterocycles. The van der Waals surface area contributed by atoms with E-state index in [-0.39, 0.29) is 5.54 Å². The Labute approximate surface area is 196 Å². The maximum atomic E-state index is 12.7. The summed E-state index contributed by atoms with van der Waals surface area (Å²) in [6.45, 7) is 8.92. The van der Waals surface area contributed by atoms with Gasteiger partial charge in [0.05, 0.1) is 5.54 Å². The van der Waals surface area contributed by atoms with E-state index in [2.05, 4.69) is 29.4 Å². The van der Waals surface area contributed by atoms with Gasteiger partial charge in [-0.1, -0.05) is 60.7 Å². The maximum absolute atomic E-state index is 12.7. The van der Waals surface area contributed by atoms with Crippen molar-refractivity contribution in [1.29, 1.82) is 0 Å². The van der Waals surface area contributed by atoms with E-state index in [0.29, 0.717) is 19.5 Å². The van der Waals surface area contributed by atoms with E-state index in [0.717, 1.165) is 11.1 Å². The number of likely N-dealkylation sites (N-methyl/N-ethyl adjacent to an activating group) is 1. The van der Waals surface area contributed by atoms with Gasteiger partial charge in [0.1, 0.15) is 6.10 Å². The second-order valence-corrected chi connectivity index (χ2v) is 9.68. The Morgan fingerprint density at radius 2 is 1.30 bits per heavy atom. The van der Waals surface area contributed by atoms with Crippen LogP contribution in [0.2, 0.25) is 0 Å². The number of carbonyl (C=O) groups excluding carboxylic acids is 2. The quantitative estimate of drug-likeness (QED) is 0.675. The zero-order chi connectivity index (χ0) is 24.1. The van der Waals surface area contributed by atoms with E-state index in [1.165, 1.54) is 0 Å². The SMILES string of the molecule is CN1C(C)(C)CC(OC(=O)NCc2ccccc2)C(OC(=O)NCc2ccccc2)C1(C)C. The molecule has 2 atom stereocenters. The first-order valence-corrected chi connectivity index (χ1v) is 11.3. The standard InChI is InChI=1S/C26H35N3O4/c1-25(2)16-21(32-23(30)27-17-19-12-8-6-9-13-19)22(26(3,4)29(25)5)33-24(31)28-18-20-14-10-7-11-15-20/h6-15,21-22H,16-18H2,1-5H3,(H,27,30)(H,28,31). The van der Waals surface area contributed by atoms with Gasteiger partial charge in [-0.05, 0) is 45.9 Å². The van der Waals surface area contributed by atoms with Crippen molar-refractivity contribution < 1.29 is 19.1 Å².